The molecule has 2 aromatic carbocycles. The van der Waals surface area contributed by atoms with Gasteiger partial charge in [-0.25, -0.2) is 9.97 Å². The molecule has 0 atom stereocenters. The number of nitrogens with zero attached hydrogens (tertiary/aromatic N) is 5. The number of aromatic nitrogens is 2. The molecule has 2 N–H and O–H groups in total. The first-order chi connectivity index (χ1) is 17.8. The molecule has 1 aliphatic heterocycles. The summed E-state index contributed by atoms with van der Waals surface area (Å²) in [6, 6.07) is 15.3. The first-order valence-corrected chi connectivity index (χ1v) is 12.6. The fraction of sp³-hybridized carbons (Fsp3) is 0.308. The second-order valence-corrected chi connectivity index (χ2v) is 9.30. The van der Waals surface area contributed by atoms with E-state index in [1.165, 1.54) is 0 Å². The maximum absolute atomic E-state index is 6.18. The van der Waals surface area contributed by atoms with Gasteiger partial charge in [0.2, 0.25) is 17.0 Å². The van der Waals surface area contributed by atoms with Crippen LogP contribution in [0.2, 0.25) is 5.02 Å². The maximum Gasteiger partial charge on any atom is 0.229 e. The minimum atomic E-state index is 0.255. The Balaban J connectivity index is 1.54. The lowest BCUT2D eigenvalue weighted by Crippen LogP contribution is -2.51. The molecule has 0 radical (unpaired) electrons. The quantitative estimate of drug-likeness (QED) is 0.271. The summed E-state index contributed by atoms with van der Waals surface area (Å²) in [4.78, 5) is 18.2. The number of rotatable bonds is 5. The highest BCUT2D eigenvalue weighted by Crippen LogP contribution is 2.28. The average molecular weight is 540 g/mol. The van der Waals surface area contributed by atoms with Crippen LogP contribution >= 0.6 is 23.8 Å². The highest BCUT2D eigenvalue weighted by atomic mass is 35.5. The number of piperazine rings is 1. The molecule has 194 valence electrons. The Kier molecular flexibility index (Phi) is 8.62. The molecule has 0 saturated carbocycles. The average Bonchev–Trinajstić information content (AvgIpc) is 2.88. The van der Waals surface area contributed by atoms with Crippen LogP contribution in [0, 0.1) is 13.8 Å². The van der Waals surface area contributed by atoms with Crippen molar-refractivity contribution in [1.82, 2.24) is 14.9 Å². The normalized spacial score (nSPS) is 13.8. The first kappa shape index (κ1) is 26.4. The van der Waals surface area contributed by atoms with Crippen molar-refractivity contribution in [2.24, 2.45) is 4.99 Å². The molecular weight excluding hydrogens is 510 g/mol. The summed E-state index contributed by atoms with van der Waals surface area (Å²) in [5.41, 5.74) is 3.51. The summed E-state index contributed by atoms with van der Waals surface area (Å²) >= 11 is 11.8. The van der Waals surface area contributed by atoms with Crippen LogP contribution in [-0.4, -0.2) is 66.3 Å². The van der Waals surface area contributed by atoms with E-state index in [-0.39, 0.29) is 5.11 Å². The van der Waals surface area contributed by atoms with Gasteiger partial charge in [0.1, 0.15) is 11.5 Å². The second-order valence-electron chi connectivity index (χ2n) is 8.48. The fourth-order valence-electron chi connectivity index (χ4n) is 4.05. The van der Waals surface area contributed by atoms with Gasteiger partial charge in [-0.1, -0.05) is 11.6 Å². The number of guanidine groups is 1. The van der Waals surface area contributed by atoms with Crippen LogP contribution in [0.25, 0.3) is 0 Å². The van der Waals surface area contributed by atoms with E-state index < -0.39 is 0 Å². The lowest BCUT2D eigenvalue weighted by atomic mass is 10.2. The van der Waals surface area contributed by atoms with E-state index in [1.807, 2.05) is 32.0 Å². The number of anilines is 3. The standard InChI is InChI=1S/C26H30ClN7O2S/c1-17-15-18(2)29-24(28-17)31-25(32-26(37)30-22-16-19(27)5-10-23(22)36-4)34-13-11-33(12-14-34)20-6-8-21(35-3)9-7-20/h5-10,15-16H,11-14H2,1-4H3,(H2,28,29,30,31,32,37). The van der Waals surface area contributed by atoms with Crippen molar-refractivity contribution in [3.63, 3.8) is 0 Å². The van der Waals surface area contributed by atoms with Crippen LogP contribution in [0.5, 0.6) is 11.5 Å². The van der Waals surface area contributed by atoms with Crippen LogP contribution < -0.4 is 25.0 Å². The zero-order valence-corrected chi connectivity index (χ0v) is 22.9. The van der Waals surface area contributed by atoms with Gasteiger partial charge < -0.3 is 24.6 Å². The van der Waals surface area contributed by atoms with Gasteiger partial charge in [0.15, 0.2) is 0 Å². The van der Waals surface area contributed by atoms with Gasteiger partial charge in [0.05, 0.1) is 19.9 Å². The predicted molar refractivity (Wildman–Crippen MR) is 154 cm³/mol. The van der Waals surface area contributed by atoms with Crippen molar-refractivity contribution in [3.05, 3.63) is 64.9 Å². The summed E-state index contributed by atoms with van der Waals surface area (Å²) in [6.45, 7) is 6.94. The monoisotopic (exact) mass is 539 g/mol. The molecule has 9 nitrogen and oxygen atoms in total. The van der Waals surface area contributed by atoms with Gasteiger partial charge in [-0.3, -0.25) is 5.32 Å². The van der Waals surface area contributed by atoms with Crippen molar-refractivity contribution in [2.75, 3.05) is 55.9 Å². The number of aliphatic imine (C=N–C) groups is 1. The number of hydrogen-bond acceptors (Lipinski definition) is 6. The number of methoxy groups -OCH3 is 2. The predicted octanol–water partition coefficient (Wildman–Crippen LogP) is 4.75. The van der Waals surface area contributed by atoms with Gasteiger partial charge in [0.25, 0.3) is 0 Å². The Morgan fingerprint density at radius 1 is 0.919 bits per heavy atom. The molecule has 0 amide bonds. The van der Waals surface area contributed by atoms with Gasteiger partial charge >= 0.3 is 0 Å². The molecule has 4 rings (SSSR count). The molecule has 1 fully saturated rings. The minimum absolute atomic E-state index is 0.255. The van der Waals surface area contributed by atoms with Crippen molar-refractivity contribution in [2.45, 2.75) is 13.8 Å². The highest BCUT2D eigenvalue weighted by Gasteiger charge is 2.22. The summed E-state index contributed by atoms with van der Waals surface area (Å²) in [5.74, 6) is 2.49. The topological polar surface area (TPSA) is 87.1 Å². The number of ether oxygens (including phenoxy) is 2. The van der Waals surface area contributed by atoms with Crippen molar-refractivity contribution >= 4 is 52.2 Å². The fourth-order valence-corrected chi connectivity index (χ4v) is 4.41. The molecule has 0 bridgehead atoms. The van der Waals surface area contributed by atoms with Crippen LogP contribution in [0.1, 0.15) is 11.4 Å². The van der Waals surface area contributed by atoms with E-state index in [1.54, 1.807) is 32.4 Å². The number of hydrogen-bond donors (Lipinski definition) is 2. The van der Waals surface area contributed by atoms with E-state index >= 15 is 0 Å². The molecule has 11 heteroatoms. The smallest absolute Gasteiger partial charge is 0.229 e. The van der Waals surface area contributed by atoms with Crippen molar-refractivity contribution in [3.8, 4) is 11.5 Å². The van der Waals surface area contributed by atoms with Crippen molar-refractivity contribution in [1.29, 1.82) is 0 Å². The van der Waals surface area contributed by atoms with Crippen LogP contribution in [-0.2, 0) is 0 Å². The largest absolute Gasteiger partial charge is 0.497 e. The molecule has 3 aromatic rings. The molecule has 1 saturated heterocycles. The molecule has 0 spiro atoms. The van der Waals surface area contributed by atoms with Crippen LogP contribution in [0.3, 0.4) is 0 Å². The Labute approximate surface area is 227 Å². The number of aryl methyl sites for hydroxylation is 2. The number of thiocarbonyl (C=S) groups is 1. The van der Waals surface area contributed by atoms with Crippen LogP contribution in [0.15, 0.2) is 53.5 Å². The SMILES string of the molecule is COc1ccc(N2CCN(/C(=N\C(=S)Nc3cc(Cl)ccc3OC)Nc3nc(C)cc(C)n3)CC2)cc1. The van der Waals surface area contributed by atoms with Gasteiger partial charge in [-0.2, -0.15) is 4.99 Å². The summed E-state index contributed by atoms with van der Waals surface area (Å²) in [7, 11) is 3.26. The van der Waals surface area contributed by atoms with Gasteiger partial charge in [-0.15, -0.1) is 0 Å². The van der Waals surface area contributed by atoms with E-state index in [9.17, 15) is 0 Å². The van der Waals surface area contributed by atoms with E-state index in [4.69, 9.17) is 38.3 Å². The Morgan fingerprint density at radius 3 is 2.22 bits per heavy atom. The minimum Gasteiger partial charge on any atom is -0.497 e. The third-order valence-electron chi connectivity index (χ3n) is 5.83. The zero-order valence-electron chi connectivity index (χ0n) is 21.3. The number of halogens is 1. The molecule has 1 aromatic heterocycles. The number of nitrogens with one attached hydrogen (secondary N) is 2. The Hall–Kier alpha value is -3.63. The first-order valence-electron chi connectivity index (χ1n) is 11.8. The van der Waals surface area contributed by atoms with Crippen molar-refractivity contribution < 1.29 is 9.47 Å². The molecule has 37 heavy (non-hydrogen) atoms. The number of benzene rings is 2. The Bertz CT molecular complexity index is 1260. The van der Waals surface area contributed by atoms with E-state index in [0.29, 0.717) is 28.4 Å². The van der Waals surface area contributed by atoms with Gasteiger partial charge in [-0.05, 0) is 74.6 Å². The highest BCUT2D eigenvalue weighted by molar-refractivity contribution is 7.80. The summed E-state index contributed by atoms with van der Waals surface area (Å²) < 4.78 is 10.7. The molecule has 1 aliphatic rings. The molecular formula is C26H30ClN7O2S. The molecule has 0 aliphatic carbocycles. The summed E-state index contributed by atoms with van der Waals surface area (Å²) in [6.07, 6.45) is 0. The molecule has 2 heterocycles. The van der Waals surface area contributed by atoms with Gasteiger partial charge in [0, 0.05) is 48.3 Å². The Morgan fingerprint density at radius 2 is 1.59 bits per heavy atom. The maximum atomic E-state index is 6.18. The van der Waals surface area contributed by atoms with E-state index in [0.717, 1.165) is 49.0 Å². The van der Waals surface area contributed by atoms with E-state index in [2.05, 4.69) is 42.5 Å². The second kappa shape index (κ2) is 12.1. The zero-order chi connectivity index (χ0) is 26.4. The lowest BCUT2D eigenvalue weighted by Gasteiger charge is -2.37. The summed E-state index contributed by atoms with van der Waals surface area (Å²) in [5, 5.41) is 7.24. The van der Waals surface area contributed by atoms with Crippen LogP contribution in [0.4, 0.5) is 17.3 Å². The molecule has 0 unspecified atom stereocenters. The third kappa shape index (κ3) is 6.99. The lowest BCUT2D eigenvalue weighted by molar-refractivity contribution is 0.385. The third-order valence-corrected chi connectivity index (χ3v) is 6.26.